The SMILES string of the molecule is COC[C@@H](N)C(=O)N1CCC(Oc2ccccc2C)CC1.Cl. The van der Waals surface area contributed by atoms with Gasteiger partial charge in [-0.25, -0.2) is 0 Å². The third-order valence-electron chi connectivity index (χ3n) is 3.80. The second-order valence-electron chi connectivity index (χ2n) is 5.47. The lowest BCUT2D eigenvalue weighted by atomic mass is 10.1. The molecule has 0 unspecified atom stereocenters. The monoisotopic (exact) mass is 328 g/mol. The number of rotatable bonds is 5. The van der Waals surface area contributed by atoms with Crippen molar-refractivity contribution in [1.29, 1.82) is 0 Å². The Morgan fingerprint density at radius 3 is 2.59 bits per heavy atom. The fourth-order valence-corrected chi connectivity index (χ4v) is 2.55. The number of aryl methyl sites for hydroxylation is 1. The summed E-state index contributed by atoms with van der Waals surface area (Å²) in [5.74, 6) is 0.893. The van der Waals surface area contributed by atoms with Gasteiger partial charge in [0.25, 0.3) is 0 Å². The first-order valence-corrected chi connectivity index (χ1v) is 7.37. The molecule has 1 amide bonds. The average molecular weight is 329 g/mol. The van der Waals surface area contributed by atoms with E-state index >= 15 is 0 Å². The molecule has 0 radical (unpaired) electrons. The quantitative estimate of drug-likeness (QED) is 0.894. The zero-order valence-corrected chi connectivity index (χ0v) is 14.0. The Labute approximate surface area is 138 Å². The van der Waals surface area contributed by atoms with E-state index in [-0.39, 0.29) is 31.0 Å². The summed E-state index contributed by atoms with van der Waals surface area (Å²) in [6.07, 6.45) is 1.83. The smallest absolute Gasteiger partial charge is 0.241 e. The number of benzene rings is 1. The van der Waals surface area contributed by atoms with E-state index in [4.69, 9.17) is 15.2 Å². The fraction of sp³-hybridized carbons (Fsp3) is 0.562. The third kappa shape index (κ3) is 4.87. The van der Waals surface area contributed by atoms with Crippen LogP contribution in [0.2, 0.25) is 0 Å². The lowest BCUT2D eigenvalue weighted by Crippen LogP contribution is -2.50. The first-order chi connectivity index (χ1) is 10.1. The standard InChI is InChI=1S/C16H24N2O3.ClH/c1-12-5-3-4-6-15(12)21-13-7-9-18(10-8-13)16(19)14(17)11-20-2;/h3-6,13-14H,7-11,17H2,1-2H3;1H/t14-;/m1./s1. The van der Waals surface area contributed by atoms with E-state index in [1.54, 1.807) is 12.0 Å². The average Bonchev–Trinajstić information content (AvgIpc) is 2.50. The molecule has 1 heterocycles. The largest absolute Gasteiger partial charge is 0.490 e. The van der Waals surface area contributed by atoms with Crippen molar-refractivity contribution in [3.63, 3.8) is 0 Å². The van der Waals surface area contributed by atoms with Crippen molar-refractivity contribution in [3.05, 3.63) is 29.8 Å². The Morgan fingerprint density at radius 2 is 2.00 bits per heavy atom. The molecular weight excluding hydrogens is 304 g/mol. The van der Waals surface area contributed by atoms with Crippen LogP contribution in [0.4, 0.5) is 0 Å². The van der Waals surface area contributed by atoms with Crippen molar-refractivity contribution in [2.24, 2.45) is 5.73 Å². The second kappa shape index (κ2) is 8.98. The molecule has 1 aliphatic heterocycles. The van der Waals surface area contributed by atoms with E-state index in [1.165, 1.54) is 0 Å². The van der Waals surface area contributed by atoms with Crippen LogP contribution in [0.5, 0.6) is 5.75 Å². The van der Waals surface area contributed by atoms with Crippen LogP contribution in [-0.2, 0) is 9.53 Å². The number of likely N-dealkylation sites (tertiary alicyclic amines) is 1. The number of hydrogen-bond acceptors (Lipinski definition) is 4. The minimum Gasteiger partial charge on any atom is -0.490 e. The van der Waals surface area contributed by atoms with Gasteiger partial charge in [-0.3, -0.25) is 4.79 Å². The van der Waals surface area contributed by atoms with Crippen molar-refractivity contribution in [3.8, 4) is 5.75 Å². The van der Waals surface area contributed by atoms with Crippen LogP contribution >= 0.6 is 12.4 Å². The fourth-order valence-electron chi connectivity index (χ4n) is 2.55. The number of carbonyl (C=O) groups is 1. The van der Waals surface area contributed by atoms with Gasteiger partial charge in [-0.2, -0.15) is 0 Å². The number of nitrogens with two attached hydrogens (primary N) is 1. The molecule has 1 saturated heterocycles. The van der Waals surface area contributed by atoms with Crippen molar-refractivity contribution < 1.29 is 14.3 Å². The maximum Gasteiger partial charge on any atom is 0.241 e. The van der Waals surface area contributed by atoms with Crippen molar-refractivity contribution in [2.45, 2.75) is 31.9 Å². The summed E-state index contributed by atoms with van der Waals surface area (Å²) in [5.41, 5.74) is 6.93. The number of nitrogens with zero attached hydrogens (tertiary/aromatic N) is 1. The molecule has 1 fully saturated rings. The number of carbonyl (C=O) groups excluding carboxylic acids is 1. The summed E-state index contributed by atoms with van der Waals surface area (Å²) in [6, 6.07) is 7.44. The molecule has 1 atom stereocenters. The second-order valence-corrected chi connectivity index (χ2v) is 5.47. The third-order valence-corrected chi connectivity index (χ3v) is 3.80. The van der Waals surface area contributed by atoms with Gasteiger partial charge in [0.2, 0.25) is 5.91 Å². The van der Waals surface area contributed by atoms with E-state index < -0.39 is 6.04 Å². The van der Waals surface area contributed by atoms with Gasteiger partial charge in [0, 0.05) is 33.0 Å². The predicted octanol–water partition coefficient (Wildman–Crippen LogP) is 1.76. The summed E-state index contributed by atoms with van der Waals surface area (Å²) in [4.78, 5) is 13.9. The first-order valence-electron chi connectivity index (χ1n) is 7.37. The zero-order valence-electron chi connectivity index (χ0n) is 13.2. The summed E-state index contributed by atoms with van der Waals surface area (Å²) in [7, 11) is 1.55. The van der Waals surface area contributed by atoms with Gasteiger partial charge in [-0.05, 0) is 18.6 Å². The van der Waals surface area contributed by atoms with Crippen LogP contribution < -0.4 is 10.5 Å². The highest BCUT2D eigenvalue weighted by molar-refractivity contribution is 5.85. The Balaban J connectivity index is 0.00000242. The van der Waals surface area contributed by atoms with Crippen molar-refractivity contribution in [1.82, 2.24) is 4.90 Å². The molecule has 0 bridgehead atoms. The highest BCUT2D eigenvalue weighted by Crippen LogP contribution is 2.22. The van der Waals surface area contributed by atoms with E-state index in [9.17, 15) is 4.79 Å². The number of methoxy groups -OCH3 is 1. The summed E-state index contributed by atoms with van der Waals surface area (Å²) in [6.45, 7) is 3.68. The van der Waals surface area contributed by atoms with Crippen LogP contribution in [0.25, 0.3) is 0 Å². The van der Waals surface area contributed by atoms with Gasteiger partial charge < -0.3 is 20.1 Å². The Morgan fingerprint density at radius 1 is 1.36 bits per heavy atom. The van der Waals surface area contributed by atoms with Crippen molar-refractivity contribution in [2.75, 3.05) is 26.8 Å². The van der Waals surface area contributed by atoms with Gasteiger partial charge in [0.15, 0.2) is 0 Å². The predicted molar refractivity (Wildman–Crippen MR) is 88.5 cm³/mol. The van der Waals surface area contributed by atoms with Gasteiger partial charge >= 0.3 is 0 Å². The van der Waals surface area contributed by atoms with Gasteiger partial charge in [-0.1, -0.05) is 18.2 Å². The van der Waals surface area contributed by atoms with Crippen LogP contribution in [0.3, 0.4) is 0 Å². The highest BCUT2D eigenvalue weighted by atomic mass is 35.5. The van der Waals surface area contributed by atoms with Gasteiger partial charge in [0.1, 0.15) is 17.9 Å². The Hall–Kier alpha value is -1.30. The number of amides is 1. The maximum absolute atomic E-state index is 12.1. The molecule has 1 aliphatic rings. The minimum absolute atomic E-state index is 0. The molecule has 6 heteroatoms. The van der Waals surface area contributed by atoms with Crippen LogP contribution in [0.15, 0.2) is 24.3 Å². The number of para-hydroxylation sites is 1. The molecule has 0 spiro atoms. The lowest BCUT2D eigenvalue weighted by Gasteiger charge is -2.33. The van der Waals surface area contributed by atoms with E-state index in [0.29, 0.717) is 13.1 Å². The molecule has 5 nitrogen and oxygen atoms in total. The number of hydrogen-bond donors (Lipinski definition) is 1. The Kier molecular flexibility index (Phi) is 7.65. The highest BCUT2D eigenvalue weighted by Gasteiger charge is 2.27. The Bertz CT molecular complexity index is 476. The molecule has 22 heavy (non-hydrogen) atoms. The number of ether oxygens (including phenoxy) is 2. The zero-order chi connectivity index (χ0) is 15.2. The summed E-state index contributed by atoms with van der Waals surface area (Å²) >= 11 is 0. The molecule has 1 aromatic carbocycles. The number of piperidine rings is 1. The van der Waals surface area contributed by atoms with Crippen LogP contribution in [0.1, 0.15) is 18.4 Å². The first kappa shape index (κ1) is 18.7. The number of halogens is 1. The lowest BCUT2D eigenvalue weighted by molar-refractivity contribution is -0.135. The topological polar surface area (TPSA) is 64.8 Å². The molecule has 124 valence electrons. The summed E-state index contributed by atoms with van der Waals surface area (Å²) in [5, 5.41) is 0. The van der Waals surface area contributed by atoms with E-state index in [2.05, 4.69) is 0 Å². The molecule has 2 rings (SSSR count). The molecule has 1 aromatic rings. The molecular formula is C16H25ClN2O3. The molecule has 0 aromatic heterocycles. The normalized spacial score (nSPS) is 16.8. The van der Waals surface area contributed by atoms with E-state index in [1.807, 2.05) is 31.2 Å². The summed E-state index contributed by atoms with van der Waals surface area (Å²) < 4.78 is 11.0. The molecule has 2 N–H and O–H groups in total. The van der Waals surface area contributed by atoms with Crippen molar-refractivity contribution >= 4 is 18.3 Å². The molecule has 0 aliphatic carbocycles. The van der Waals surface area contributed by atoms with Gasteiger partial charge in [0.05, 0.1) is 6.61 Å². The maximum atomic E-state index is 12.1. The van der Waals surface area contributed by atoms with Crippen LogP contribution in [0, 0.1) is 6.92 Å². The molecule has 0 saturated carbocycles. The van der Waals surface area contributed by atoms with Gasteiger partial charge in [-0.15, -0.1) is 12.4 Å². The van der Waals surface area contributed by atoms with Crippen LogP contribution in [-0.4, -0.2) is 49.8 Å². The minimum atomic E-state index is -0.566. The van der Waals surface area contributed by atoms with E-state index in [0.717, 1.165) is 24.2 Å².